The van der Waals surface area contributed by atoms with Gasteiger partial charge in [0.2, 0.25) is 0 Å². The Bertz CT molecular complexity index is 1000. The lowest BCUT2D eigenvalue weighted by Gasteiger charge is -2.33. The lowest BCUT2D eigenvalue weighted by atomic mass is 9.93. The van der Waals surface area contributed by atoms with Gasteiger partial charge in [-0.2, -0.15) is 0 Å². The van der Waals surface area contributed by atoms with E-state index < -0.39 is 0 Å². The van der Waals surface area contributed by atoms with Gasteiger partial charge in [-0.05, 0) is 43.9 Å². The number of pyridine rings is 1. The third-order valence-electron chi connectivity index (χ3n) is 5.75. The van der Waals surface area contributed by atoms with Crippen LogP contribution in [-0.2, 0) is 0 Å². The molecule has 6 nitrogen and oxygen atoms in total. The number of anilines is 1. The van der Waals surface area contributed by atoms with E-state index in [1.54, 1.807) is 20.3 Å². The van der Waals surface area contributed by atoms with Crippen molar-refractivity contribution in [3.05, 3.63) is 41.7 Å². The number of imidazole rings is 1. The molecule has 0 aliphatic carbocycles. The Morgan fingerprint density at radius 2 is 1.87 bits per heavy atom. The third kappa shape index (κ3) is 4.46. The van der Waals surface area contributed by atoms with Crippen molar-refractivity contribution >= 4 is 35.3 Å². The molecule has 8 heteroatoms. The lowest BCUT2D eigenvalue weighted by Crippen LogP contribution is -2.34. The monoisotopic (exact) mass is 450 g/mol. The molecule has 1 aliphatic rings. The fraction of sp³-hybridized carbons (Fsp3) is 0.409. The van der Waals surface area contributed by atoms with E-state index in [2.05, 4.69) is 23.2 Å². The SMILES string of the molecule is COc1cc(OC)c(-c2cn3ccc(N4CCC(CCN)CC4)cc3n2)cc1Cl.Cl. The number of hydrogen-bond acceptors (Lipinski definition) is 5. The number of halogens is 2. The Balaban J connectivity index is 0.00000256. The molecule has 1 aliphatic heterocycles. The zero-order valence-electron chi connectivity index (χ0n) is 17.3. The van der Waals surface area contributed by atoms with Crippen LogP contribution in [0.25, 0.3) is 16.9 Å². The fourth-order valence-corrected chi connectivity index (χ4v) is 4.31. The highest BCUT2D eigenvalue weighted by atomic mass is 35.5. The van der Waals surface area contributed by atoms with Crippen molar-refractivity contribution in [2.75, 3.05) is 38.8 Å². The molecule has 0 radical (unpaired) electrons. The minimum atomic E-state index is 0. The van der Waals surface area contributed by atoms with E-state index in [1.165, 1.54) is 18.5 Å². The second-order valence-electron chi connectivity index (χ2n) is 7.47. The van der Waals surface area contributed by atoms with E-state index in [0.717, 1.165) is 48.9 Å². The van der Waals surface area contributed by atoms with Crippen LogP contribution in [0, 0.1) is 5.92 Å². The van der Waals surface area contributed by atoms with E-state index in [0.29, 0.717) is 16.5 Å². The van der Waals surface area contributed by atoms with Crippen LogP contribution in [0.3, 0.4) is 0 Å². The van der Waals surface area contributed by atoms with E-state index in [4.69, 9.17) is 31.8 Å². The maximum Gasteiger partial charge on any atom is 0.141 e. The van der Waals surface area contributed by atoms with Crippen molar-refractivity contribution in [3.8, 4) is 22.8 Å². The number of nitrogens with two attached hydrogens (primary N) is 1. The molecular weight excluding hydrogens is 423 g/mol. The van der Waals surface area contributed by atoms with E-state index in [-0.39, 0.29) is 12.4 Å². The van der Waals surface area contributed by atoms with Crippen LogP contribution in [0.2, 0.25) is 5.02 Å². The van der Waals surface area contributed by atoms with Crippen LogP contribution in [0.15, 0.2) is 36.7 Å². The standard InChI is InChI=1S/C22H27ClN4O2.ClH/c1-28-20-13-21(29-2)18(23)12-17(20)19-14-27-10-6-16(11-22(27)25-19)26-8-4-15(3-7-24)5-9-26;/h6,10-15H,3-5,7-9,24H2,1-2H3;1H. The maximum atomic E-state index is 6.34. The first-order valence-corrected chi connectivity index (χ1v) is 10.4. The van der Waals surface area contributed by atoms with Crippen molar-refractivity contribution in [1.82, 2.24) is 9.38 Å². The second kappa shape index (κ2) is 9.77. The summed E-state index contributed by atoms with van der Waals surface area (Å²) in [6, 6.07) is 7.92. The molecular formula is C22H28Cl2N4O2. The molecule has 1 saturated heterocycles. The first-order chi connectivity index (χ1) is 14.1. The molecule has 0 spiro atoms. The number of rotatable bonds is 6. The van der Waals surface area contributed by atoms with E-state index in [9.17, 15) is 0 Å². The van der Waals surface area contributed by atoms with Crippen LogP contribution in [0.5, 0.6) is 11.5 Å². The molecule has 4 rings (SSSR count). The number of nitrogens with zero attached hydrogens (tertiary/aromatic N) is 3. The van der Waals surface area contributed by atoms with Crippen LogP contribution in [0.1, 0.15) is 19.3 Å². The van der Waals surface area contributed by atoms with Crippen LogP contribution >= 0.6 is 24.0 Å². The number of methoxy groups -OCH3 is 2. The summed E-state index contributed by atoms with van der Waals surface area (Å²) in [6.07, 6.45) is 7.58. The molecule has 0 saturated carbocycles. The fourth-order valence-electron chi connectivity index (χ4n) is 4.07. The Morgan fingerprint density at radius 3 is 2.53 bits per heavy atom. The van der Waals surface area contributed by atoms with E-state index in [1.807, 2.05) is 16.7 Å². The summed E-state index contributed by atoms with van der Waals surface area (Å²) in [7, 11) is 3.22. The quantitative estimate of drug-likeness (QED) is 0.591. The van der Waals surface area contributed by atoms with Gasteiger partial charge in [0.1, 0.15) is 17.1 Å². The molecule has 3 aromatic rings. The van der Waals surface area contributed by atoms with Crippen molar-refractivity contribution in [3.63, 3.8) is 0 Å². The first-order valence-electron chi connectivity index (χ1n) is 9.98. The Kier molecular flexibility index (Phi) is 7.34. The average molecular weight is 451 g/mol. The highest BCUT2D eigenvalue weighted by molar-refractivity contribution is 6.32. The van der Waals surface area contributed by atoms with Gasteiger partial charge in [0.15, 0.2) is 0 Å². The number of fused-ring (bicyclic) bond motifs is 1. The molecule has 2 aromatic heterocycles. The summed E-state index contributed by atoms with van der Waals surface area (Å²) in [4.78, 5) is 7.27. The molecule has 1 fully saturated rings. The van der Waals surface area contributed by atoms with Gasteiger partial charge in [-0.3, -0.25) is 0 Å². The molecule has 30 heavy (non-hydrogen) atoms. The van der Waals surface area contributed by atoms with Crippen molar-refractivity contribution in [2.45, 2.75) is 19.3 Å². The van der Waals surface area contributed by atoms with Gasteiger partial charge in [0.25, 0.3) is 0 Å². The number of piperidine rings is 1. The summed E-state index contributed by atoms with van der Waals surface area (Å²) >= 11 is 6.34. The Hall–Kier alpha value is -2.15. The van der Waals surface area contributed by atoms with Crippen LogP contribution in [-0.4, -0.2) is 43.2 Å². The maximum absolute atomic E-state index is 6.34. The molecule has 1 aromatic carbocycles. The van der Waals surface area contributed by atoms with Crippen molar-refractivity contribution in [2.24, 2.45) is 11.7 Å². The van der Waals surface area contributed by atoms with Gasteiger partial charge < -0.3 is 24.5 Å². The Morgan fingerprint density at radius 1 is 1.13 bits per heavy atom. The number of benzene rings is 1. The minimum Gasteiger partial charge on any atom is -0.496 e. The molecule has 0 atom stereocenters. The van der Waals surface area contributed by atoms with Gasteiger partial charge in [-0.15, -0.1) is 12.4 Å². The first kappa shape index (κ1) is 22.5. The van der Waals surface area contributed by atoms with E-state index >= 15 is 0 Å². The van der Waals surface area contributed by atoms with Gasteiger partial charge in [0.05, 0.1) is 24.9 Å². The summed E-state index contributed by atoms with van der Waals surface area (Å²) < 4.78 is 12.9. The summed E-state index contributed by atoms with van der Waals surface area (Å²) in [5, 5.41) is 0.529. The highest BCUT2D eigenvalue weighted by Gasteiger charge is 2.20. The van der Waals surface area contributed by atoms with Crippen LogP contribution < -0.4 is 20.1 Å². The molecule has 2 N–H and O–H groups in total. The second-order valence-corrected chi connectivity index (χ2v) is 7.88. The molecule has 0 amide bonds. The number of aromatic nitrogens is 2. The van der Waals surface area contributed by atoms with Gasteiger partial charge in [0, 0.05) is 48.9 Å². The van der Waals surface area contributed by atoms with Gasteiger partial charge in [-0.25, -0.2) is 4.98 Å². The zero-order valence-corrected chi connectivity index (χ0v) is 18.9. The molecule has 0 unspecified atom stereocenters. The summed E-state index contributed by atoms with van der Waals surface area (Å²) in [5.41, 5.74) is 9.47. The van der Waals surface area contributed by atoms with Gasteiger partial charge in [-0.1, -0.05) is 11.6 Å². The van der Waals surface area contributed by atoms with Crippen molar-refractivity contribution < 1.29 is 9.47 Å². The van der Waals surface area contributed by atoms with Crippen LogP contribution in [0.4, 0.5) is 5.69 Å². The minimum absolute atomic E-state index is 0. The Labute approximate surface area is 188 Å². The average Bonchev–Trinajstić information content (AvgIpc) is 3.17. The summed E-state index contributed by atoms with van der Waals surface area (Å²) in [5.74, 6) is 2.01. The third-order valence-corrected chi connectivity index (χ3v) is 6.04. The number of hydrogen-bond donors (Lipinski definition) is 1. The predicted octanol–water partition coefficient (Wildman–Crippen LogP) is 4.66. The smallest absolute Gasteiger partial charge is 0.141 e. The lowest BCUT2D eigenvalue weighted by molar-refractivity contribution is 0.386. The normalized spacial score (nSPS) is 14.6. The summed E-state index contributed by atoms with van der Waals surface area (Å²) in [6.45, 7) is 2.92. The molecule has 3 heterocycles. The molecule has 0 bridgehead atoms. The number of ether oxygens (including phenoxy) is 2. The topological polar surface area (TPSA) is 65.0 Å². The largest absolute Gasteiger partial charge is 0.496 e. The highest BCUT2D eigenvalue weighted by Crippen LogP contribution is 2.38. The van der Waals surface area contributed by atoms with Gasteiger partial charge >= 0.3 is 0 Å². The predicted molar refractivity (Wildman–Crippen MR) is 125 cm³/mol. The molecule has 162 valence electrons. The zero-order chi connectivity index (χ0) is 20.4. The van der Waals surface area contributed by atoms with Crippen molar-refractivity contribution in [1.29, 1.82) is 0 Å².